The van der Waals surface area contributed by atoms with Gasteiger partial charge in [-0.2, -0.15) is 0 Å². The number of rotatable bonds is 7. The maximum atomic E-state index is 3.79. The molecule has 1 nitrogen and oxygen atoms in total. The third kappa shape index (κ3) is 4.34. The molecule has 0 spiro atoms. The largest absolute Gasteiger partial charge is 0.331 e. The molecule has 2 aromatic rings. The highest BCUT2D eigenvalue weighted by atomic mass is 28.3. The summed E-state index contributed by atoms with van der Waals surface area (Å²) in [6.45, 7) is 3.37. The first-order valence-electron chi connectivity index (χ1n) is 7.13. The monoisotopic (exact) mass is 268 g/mol. The van der Waals surface area contributed by atoms with Gasteiger partial charge >= 0.3 is 0 Å². The number of nitrogens with one attached hydrogen (secondary N) is 1. The van der Waals surface area contributed by atoms with Gasteiger partial charge in [0, 0.05) is 0 Å². The van der Waals surface area contributed by atoms with Gasteiger partial charge in [-0.3, -0.25) is 0 Å². The Morgan fingerprint density at radius 2 is 1.32 bits per heavy atom. The van der Waals surface area contributed by atoms with E-state index in [9.17, 15) is 0 Å². The second kappa shape index (κ2) is 7.92. The average Bonchev–Trinajstić information content (AvgIpc) is 2.49. The molecule has 2 heteroatoms. The zero-order chi connectivity index (χ0) is 13.3. The van der Waals surface area contributed by atoms with E-state index in [4.69, 9.17) is 0 Å². The number of unbranched alkanes of at least 4 members (excludes halogenated alkanes) is 2. The molecule has 0 fully saturated rings. The van der Waals surface area contributed by atoms with E-state index in [0.29, 0.717) is 0 Å². The third-order valence-corrected chi connectivity index (χ3v) is 5.63. The lowest BCUT2D eigenvalue weighted by molar-refractivity contribution is 0.702. The minimum Gasteiger partial charge on any atom is -0.331 e. The first kappa shape index (κ1) is 14.0. The molecular weight excluding hydrogens is 246 g/mol. The number of hydrogen-bond donors (Lipinski definition) is 1. The van der Waals surface area contributed by atoms with Crippen LogP contribution >= 0.6 is 0 Å². The second-order valence-electron chi connectivity index (χ2n) is 4.74. The summed E-state index contributed by atoms with van der Waals surface area (Å²) in [6.07, 6.45) is 3.86. The zero-order valence-corrected chi connectivity index (χ0v) is 12.6. The molecule has 99 valence electrons. The molecule has 0 bridgehead atoms. The lowest BCUT2D eigenvalue weighted by Crippen LogP contribution is -2.54. The smallest absolute Gasteiger partial charge is 0.206 e. The van der Waals surface area contributed by atoms with Gasteiger partial charge in [-0.1, -0.05) is 80.4 Å². The summed E-state index contributed by atoms with van der Waals surface area (Å²) >= 11 is 0. The van der Waals surface area contributed by atoms with Crippen LogP contribution in [-0.4, -0.2) is 15.5 Å². The first-order chi connectivity index (χ1) is 9.42. The predicted molar refractivity (Wildman–Crippen MR) is 85.4 cm³/mol. The Bertz CT molecular complexity index is 416. The lowest BCUT2D eigenvalue weighted by Gasteiger charge is -2.17. The molecule has 0 aliphatic carbocycles. The van der Waals surface area contributed by atoms with Crippen molar-refractivity contribution in [3.63, 3.8) is 0 Å². The van der Waals surface area contributed by atoms with Crippen molar-refractivity contribution in [3.8, 4) is 0 Å². The Balaban J connectivity index is 2.10. The van der Waals surface area contributed by atoms with Crippen molar-refractivity contribution >= 4 is 19.3 Å². The van der Waals surface area contributed by atoms with Crippen molar-refractivity contribution in [2.24, 2.45) is 0 Å². The standard InChI is InChI=1S/C17H22NSi/c1-2-3-10-15-18-19(16-11-6-4-7-12-16)17-13-8-5-9-14-17/h4-9,11-14,18H,2-3,10,15H2,1H3. The van der Waals surface area contributed by atoms with Crippen LogP contribution in [0, 0.1) is 0 Å². The topological polar surface area (TPSA) is 12.0 Å². The Kier molecular flexibility index (Phi) is 5.85. The summed E-state index contributed by atoms with van der Waals surface area (Å²) in [5.41, 5.74) is 0. The molecule has 0 aliphatic rings. The van der Waals surface area contributed by atoms with Gasteiger partial charge in [0.15, 0.2) is 0 Å². The van der Waals surface area contributed by atoms with Gasteiger partial charge in [0.25, 0.3) is 0 Å². The Morgan fingerprint density at radius 1 is 0.789 bits per heavy atom. The Labute approximate surface area is 118 Å². The van der Waals surface area contributed by atoms with E-state index in [2.05, 4.69) is 72.6 Å². The van der Waals surface area contributed by atoms with Crippen LogP contribution in [0.25, 0.3) is 0 Å². The van der Waals surface area contributed by atoms with Crippen LogP contribution in [0.3, 0.4) is 0 Å². The van der Waals surface area contributed by atoms with E-state index in [-0.39, 0.29) is 0 Å². The fourth-order valence-corrected chi connectivity index (χ4v) is 4.39. The zero-order valence-electron chi connectivity index (χ0n) is 11.6. The van der Waals surface area contributed by atoms with Crippen LogP contribution < -0.4 is 15.4 Å². The molecule has 0 aliphatic heterocycles. The molecule has 19 heavy (non-hydrogen) atoms. The minimum absolute atomic E-state index is 0.830. The van der Waals surface area contributed by atoms with Gasteiger partial charge in [-0.05, 0) is 23.3 Å². The van der Waals surface area contributed by atoms with Crippen LogP contribution in [-0.2, 0) is 0 Å². The maximum absolute atomic E-state index is 3.79. The first-order valence-corrected chi connectivity index (χ1v) is 8.63. The van der Waals surface area contributed by atoms with Crippen LogP contribution in [0.1, 0.15) is 26.2 Å². The molecule has 0 heterocycles. The van der Waals surface area contributed by atoms with E-state index < -0.39 is 8.96 Å². The Morgan fingerprint density at radius 3 is 1.79 bits per heavy atom. The van der Waals surface area contributed by atoms with Gasteiger partial charge < -0.3 is 4.98 Å². The highest BCUT2D eigenvalue weighted by Crippen LogP contribution is 1.94. The maximum Gasteiger partial charge on any atom is 0.206 e. The summed E-state index contributed by atoms with van der Waals surface area (Å²) in [5, 5.41) is 2.88. The van der Waals surface area contributed by atoms with Crippen LogP contribution in [0.2, 0.25) is 0 Å². The van der Waals surface area contributed by atoms with Crippen LogP contribution in [0.15, 0.2) is 60.7 Å². The normalized spacial score (nSPS) is 10.8. The van der Waals surface area contributed by atoms with Crippen molar-refractivity contribution in [1.29, 1.82) is 0 Å². The molecule has 1 radical (unpaired) electrons. The van der Waals surface area contributed by atoms with Crippen molar-refractivity contribution in [2.75, 3.05) is 6.54 Å². The van der Waals surface area contributed by atoms with Crippen molar-refractivity contribution < 1.29 is 0 Å². The molecular formula is C17H22NSi. The molecule has 0 saturated carbocycles. The van der Waals surface area contributed by atoms with Gasteiger partial charge in [0.1, 0.15) is 0 Å². The highest BCUT2D eigenvalue weighted by Gasteiger charge is 2.15. The van der Waals surface area contributed by atoms with E-state index in [1.807, 2.05) is 0 Å². The quantitative estimate of drug-likeness (QED) is 0.601. The summed E-state index contributed by atoms with van der Waals surface area (Å²) in [5.74, 6) is 0. The molecule has 0 atom stereocenters. The third-order valence-electron chi connectivity index (χ3n) is 3.21. The van der Waals surface area contributed by atoms with E-state index in [1.165, 1.54) is 29.6 Å². The molecule has 0 saturated heterocycles. The summed E-state index contributed by atoms with van der Waals surface area (Å²) in [7, 11) is -0.830. The lowest BCUT2D eigenvalue weighted by atomic mass is 10.3. The highest BCUT2D eigenvalue weighted by molar-refractivity contribution is 6.83. The van der Waals surface area contributed by atoms with Crippen LogP contribution in [0.4, 0.5) is 0 Å². The molecule has 2 rings (SSSR count). The molecule has 0 unspecified atom stereocenters. The predicted octanol–water partition coefficient (Wildman–Crippen LogP) is 2.57. The van der Waals surface area contributed by atoms with E-state index in [0.717, 1.165) is 6.54 Å². The number of benzene rings is 2. The van der Waals surface area contributed by atoms with E-state index in [1.54, 1.807) is 0 Å². The van der Waals surface area contributed by atoms with Gasteiger partial charge in [0.2, 0.25) is 8.96 Å². The van der Waals surface area contributed by atoms with E-state index >= 15 is 0 Å². The Hall–Kier alpha value is -1.38. The van der Waals surface area contributed by atoms with Gasteiger partial charge in [0.05, 0.1) is 0 Å². The van der Waals surface area contributed by atoms with Crippen molar-refractivity contribution in [3.05, 3.63) is 60.7 Å². The van der Waals surface area contributed by atoms with Gasteiger partial charge in [-0.15, -0.1) is 0 Å². The van der Waals surface area contributed by atoms with Gasteiger partial charge in [-0.25, -0.2) is 0 Å². The van der Waals surface area contributed by atoms with Crippen molar-refractivity contribution in [1.82, 2.24) is 4.98 Å². The number of hydrogen-bond acceptors (Lipinski definition) is 1. The molecule has 2 aromatic carbocycles. The fraction of sp³-hybridized carbons (Fsp3) is 0.294. The molecule has 0 amide bonds. The second-order valence-corrected chi connectivity index (χ2v) is 7.00. The van der Waals surface area contributed by atoms with Crippen LogP contribution in [0.5, 0.6) is 0 Å². The summed E-state index contributed by atoms with van der Waals surface area (Å²) in [4.78, 5) is 3.79. The minimum atomic E-state index is -0.830. The summed E-state index contributed by atoms with van der Waals surface area (Å²) < 4.78 is 0. The molecule has 0 aromatic heterocycles. The SMILES string of the molecule is CCCCCN[Si](c1ccccc1)c1ccccc1. The summed E-state index contributed by atoms with van der Waals surface area (Å²) in [6, 6.07) is 21.7. The molecule has 1 N–H and O–H groups in total. The van der Waals surface area contributed by atoms with Crippen molar-refractivity contribution in [2.45, 2.75) is 26.2 Å². The average molecular weight is 268 g/mol. The fourth-order valence-electron chi connectivity index (χ4n) is 2.17.